The van der Waals surface area contributed by atoms with Crippen molar-refractivity contribution in [3.8, 4) is 12.3 Å². The minimum atomic E-state index is -0.370. The third-order valence-electron chi connectivity index (χ3n) is 4.07. The van der Waals surface area contributed by atoms with Crippen LogP contribution in [-0.4, -0.2) is 46.3 Å². The van der Waals surface area contributed by atoms with Gasteiger partial charge in [0.15, 0.2) is 0 Å². The number of piperazine rings is 1. The van der Waals surface area contributed by atoms with Gasteiger partial charge in [0.1, 0.15) is 12.1 Å². The first-order valence-corrected chi connectivity index (χ1v) is 6.68. The van der Waals surface area contributed by atoms with Crippen molar-refractivity contribution in [1.82, 2.24) is 9.80 Å². The molecule has 0 saturated carbocycles. The summed E-state index contributed by atoms with van der Waals surface area (Å²) in [6.45, 7) is 4.54. The second kappa shape index (κ2) is 5.01. The molecule has 0 aromatic carbocycles. The van der Waals surface area contributed by atoms with Crippen LogP contribution in [0.3, 0.4) is 0 Å². The normalized spacial score (nSPS) is 29.2. The minimum absolute atomic E-state index is 0.01000. The van der Waals surface area contributed by atoms with Crippen LogP contribution in [0, 0.1) is 12.3 Å². The van der Waals surface area contributed by atoms with Gasteiger partial charge in [-0.2, -0.15) is 0 Å². The fourth-order valence-corrected chi connectivity index (χ4v) is 3.08. The molecule has 2 aliphatic rings. The third-order valence-corrected chi connectivity index (χ3v) is 4.07. The van der Waals surface area contributed by atoms with Gasteiger partial charge in [-0.3, -0.25) is 9.59 Å². The molecular formula is C14H20N2O2. The summed E-state index contributed by atoms with van der Waals surface area (Å²) in [5, 5.41) is 0. The van der Waals surface area contributed by atoms with E-state index in [1.54, 1.807) is 9.80 Å². The Hall–Kier alpha value is -1.50. The Morgan fingerprint density at radius 3 is 2.78 bits per heavy atom. The SMILES string of the molecule is C#CCC(CC)N1C(=O)C2CCCN2C(=O)C1C. The smallest absolute Gasteiger partial charge is 0.246 e. The first-order valence-electron chi connectivity index (χ1n) is 6.68. The van der Waals surface area contributed by atoms with E-state index in [1.807, 2.05) is 13.8 Å². The molecule has 2 rings (SSSR count). The second-order valence-electron chi connectivity index (χ2n) is 5.08. The van der Waals surface area contributed by atoms with E-state index in [-0.39, 0.29) is 29.9 Å². The molecule has 2 saturated heterocycles. The van der Waals surface area contributed by atoms with E-state index in [4.69, 9.17) is 6.42 Å². The molecule has 0 bridgehead atoms. The molecule has 2 heterocycles. The molecule has 98 valence electrons. The summed E-state index contributed by atoms with van der Waals surface area (Å²) < 4.78 is 0. The van der Waals surface area contributed by atoms with E-state index >= 15 is 0 Å². The van der Waals surface area contributed by atoms with Crippen LogP contribution in [-0.2, 0) is 9.59 Å². The van der Waals surface area contributed by atoms with Crippen molar-refractivity contribution in [3.63, 3.8) is 0 Å². The van der Waals surface area contributed by atoms with E-state index in [9.17, 15) is 9.59 Å². The summed E-state index contributed by atoms with van der Waals surface area (Å²) in [4.78, 5) is 28.2. The number of rotatable bonds is 3. The molecule has 2 amide bonds. The highest BCUT2D eigenvalue weighted by atomic mass is 16.2. The zero-order valence-electron chi connectivity index (χ0n) is 11.1. The lowest BCUT2D eigenvalue weighted by atomic mass is 10.0. The molecule has 4 nitrogen and oxygen atoms in total. The third kappa shape index (κ3) is 1.88. The predicted molar refractivity (Wildman–Crippen MR) is 68.6 cm³/mol. The highest BCUT2D eigenvalue weighted by molar-refractivity contribution is 5.97. The van der Waals surface area contributed by atoms with Crippen LogP contribution in [0.1, 0.15) is 39.5 Å². The van der Waals surface area contributed by atoms with Gasteiger partial charge >= 0.3 is 0 Å². The zero-order valence-corrected chi connectivity index (χ0v) is 11.1. The van der Waals surface area contributed by atoms with Crippen molar-refractivity contribution in [2.75, 3.05) is 6.54 Å². The van der Waals surface area contributed by atoms with Gasteiger partial charge in [0.2, 0.25) is 11.8 Å². The van der Waals surface area contributed by atoms with Crippen molar-refractivity contribution in [1.29, 1.82) is 0 Å². The maximum absolute atomic E-state index is 12.5. The van der Waals surface area contributed by atoms with Crippen molar-refractivity contribution in [3.05, 3.63) is 0 Å². The predicted octanol–water partition coefficient (Wildman–Crippen LogP) is 1.01. The molecule has 2 aliphatic heterocycles. The van der Waals surface area contributed by atoms with E-state index in [0.29, 0.717) is 6.42 Å². The van der Waals surface area contributed by atoms with E-state index < -0.39 is 0 Å². The van der Waals surface area contributed by atoms with Crippen molar-refractivity contribution in [2.24, 2.45) is 0 Å². The number of fused-ring (bicyclic) bond motifs is 1. The molecule has 0 aromatic rings. The second-order valence-corrected chi connectivity index (χ2v) is 5.08. The largest absolute Gasteiger partial charge is 0.329 e. The molecular weight excluding hydrogens is 228 g/mol. The van der Waals surface area contributed by atoms with Crippen LogP contribution in [0.5, 0.6) is 0 Å². The molecule has 0 radical (unpaired) electrons. The molecule has 4 heteroatoms. The van der Waals surface area contributed by atoms with Crippen LogP contribution in [0.2, 0.25) is 0 Å². The summed E-state index contributed by atoms with van der Waals surface area (Å²) in [5.74, 6) is 2.77. The van der Waals surface area contributed by atoms with Gasteiger partial charge in [0.25, 0.3) is 0 Å². The Morgan fingerprint density at radius 2 is 2.17 bits per heavy atom. The fraction of sp³-hybridized carbons (Fsp3) is 0.714. The van der Waals surface area contributed by atoms with Crippen LogP contribution in [0.4, 0.5) is 0 Å². The average Bonchev–Trinajstić information content (AvgIpc) is 2.84. The Balaban J connectivity index is 2.26. The molecule has 3 atom stereocenters. The number of carbonyl (C=O) groups excluding carboxylic acids is 2. The topological polar surface area (TPSA) is 40.6 Å². The zero-order chi connectivity index (χ0) is 13.3. The van der Waals surface area contributed by atoms with E-state index in [0.717, 1.165) is 25.8 Å². The van der Waals surface area contributed by atoms with Crippen LogP contribution >= 0.6 is 0 Å². The van der Waals surface area contributed by atoms with E-state index in [2.05, 4.69) is 5.92 Å². The Morgan fingerprint density at radius 1 is 1.44 bits per heavy atom. The fourth-order valence-electron chi connectivity index (χ4n) is 3.08. The number of hydrogen-bond donors (Lipinski definition) is 0. The maximum atomic E-state index is 12.5. The van der Waals surface area contributed by atoms with Gasteiger partial charge < -0.3 is 9.80 Å². The van der Waals surface area contributed by atoms with Gasteiger partial charge in [0, 0.05) is 19.0 Å². The molecule has 2 fully saturated rings. The van der Waals surface area contributed by atoms with Crippen molar-refractivity contribution >= 4 is 11.8 Å². The summed E-state index contributed by atoms with van der Waals surface area (Å²) in [6, 6.07) is -0.616. The van der Waals surface area contributed by atoms with E-state index in [1.165, 1.54) is 0 Å². The summed E-state index contributed by atoms with van der Waals surface area (Å²) in [5.41, 5.74) is 0. The van der Waals surface area contributed by atoms with Gasteiger partial charge in [-0.25, -0.2) is 0 Å². The molecule has 0 aromatic heterocycles. The van der Waals surface area contributed by atoms with Crippen LogP contribution in [0.15, 0.2) is 0 Å². The van der Waals surface area contributed by atoms with Gasteiger partial charge in [-0.15, -0.1) is 12.3 Å². The van der Waals surface area contributed by atoms with Crippen molar-refractivity contribution in [2.45, 2.75) is 57.7 Å². The first-order chi connectivity index (χ1) is 8.61. The number of terminal acetylenes is 1. The van der Waals surface area contributed by atoms with Gasteiger partial charge in [0.05, 0.1) is 0 Å². The lowest BCUT2D eigenvalue weighted by molar-refractivity contribution is -0.161. The first kappa shape index (κ1) is 12.9. The molecule has 0 N–H and O–H groups in total. The Bertz CT molecular complexity index is 399. The Labute approximate surface area is 108 Å². The Kier molecular flexibility index (Phi) is 3.60. The lowest BCUT2D eigenvalue weighted by Gasteiger charge is -2.44. The average molecular weight is 248 g/mol. The monoisotopic (exact) mass is 248 g/mol. The van der Waals surface area contributed by atoms with Crippen LogP contribution < -0.4 is 0 Å². The molecule has 0 spiro atoms. The highest BCUT2D eigenvalue weighted by Crippen LogP contribution is 2.29. The summed E-state index contributed by atoms with van der Waals surface area (Å²) in [7, 11) is 0. The number of hydrogen-bond acceptors (Lipinski definition) is 2. The minimum Gasteiger partial charge on any atom is -0.329 e. The number of amides is 2. The summed E-state index contributed by atoms with van der Waals surface area (Å²) >= 11 is 0. The highest BCUT2D eigenvalue weighted by Gasteiger charge is 2.47. The summed E-state index contributed by atoms with van der Waals surface area (Å²) in [6.07, 6.45) is 8.39. The molecule has 0 aliphatic carbocycles. The quantitative estimate of drug-likeness (QED) is 0.699. The lowest BCUT2D eigenvalue weighted by Crippen LogP contribution is -2.64. The van der Waals surface area contributed by atoms with Gasteiger partial charge in [-0.05, 0) is 26.2 Å². The van der Waals surface area contributed by atoms with Crippen LogP contribution in [0.25, 0.3) is 0 Å². The number of carbonyl (C=O) groups is 2. The van der Waals surface area contributed by atoms with Gasteiger partial charge in [-0.1, -0.05) is 6.92 Å². The standard InChI is InChI=1S/C14H20N2O2/c1-4-7-11(5-2)16-10(3)13(17)15-9-6-8-12(15)14(16)18/h1,10-12H,5-9H2,2-3H3. The maximum Gasteiger partial charge on any atom is 0.246 e. The number of nitrogens with zero attached hydrogens (tertiary/aromatic N) is 2. The van der Waals surface area contributed by atoms with Crippen molar-refractivity contribution < 1.29 is 9.59 Å². The molecule has 18 heavy (non-hydrogen) atoms. The molecule has 3 unspecified atom stereocenters.